The van der Waals surface area contributed by atoms with Crippen LogP contribution in [0.2, 0.25) is 0 Å². The van der Waals surface area contributed by atoms with E-state index >= 15 is 0 Å². The summed E-state index contributed by atoms with van der Waals surface area (Å²) in [6.45, 7) is 4.34. The van der Waals surface area contributed by atoms with Gasteiger partial charge in [0.25, 0.3) is 0 Å². The van der Waals surface area contributed by atoms with Crippen LogP contribution in [0.1, 0.15) is 26.7 Å². The van der Waals surface area contributed by atoms with Crippen molar-refractivity contribution in [2.24, 2.45) is 0 Å². The minimum absolute atomic E-state index is 0.182. The smallest absolute Gasteiger partial charge is 0.326 e. The molecule has 0 bridgehead atoms. The highest BCUT2D eigenvalue weighted by Crippen LogP contribution is 2.13. The second-order valence-corrected chi connectivity index (χ2v) is 4.56. The number of aliphatic carboxylic acids is 1. The first-order chi connectivity index (χ1) is 8.93. The molecule has 3 amide bonds. The SMILES string of the molecule is CCC(C(=O)O)N(C)C(=O)N1CCNC(=O)C1CC. The summed E-state index contributed by atoms with van der Waals surface area (Å²) in [5.41, 5.74) is 0. The van der Waals surface area contributed by atoms with Crippen molar-refractivity contribution < 1.29 is 19.5 Å². The highest BCUT2D eigenvalue weighted by molar-refractivity contribution is 5.89. The van der Waals surface area contributed by atoms with Gasteiger partial charge in [0, 0.05) is 20.1 Å². The Balaban J connectivity index is 2.85. The molecule has 7 heteroatoms. The molecule has 108 valence electrons. The van der Waals surface area contributed by atoms with E-state index in [-0.39, 0.29) is 5.91 Å². The van der Waals surface area contributed by atoms with Gasteiger partial charge in [0.15, 0.2) is 0 Å². The Morgan fingerprint density at radius 1 is 1.53 bits per heavy atom. The Hall–Kier alpha value is -1.79. The van der Waals surface area contributed by atoms with Crippen LogP contribution < -0.4 is 5.32 Å². The topological polar surface area (TPSA) is 89.9 Å². The maximum atomic E-state index is 12.3. The second-order valence-electron chi connectivity index (χ2n) is 4.56. The van der Waals surface area contributed by atoms with E-state index in [0.29, 0.717) is 25.9 Å². The molecule has 1 fully saturated rings. The predicted molar refractivity (Wildman–Crippen MR) is 68.7 cm³/mol. The van der Waals surface area contributed by atoms with Crippen molar-refractivity contribution in [2.45, 2.75) is 38.8 Å². The normalized spacial score (nSPS) is 20.7. The number of piperazine rings is 1. The molecule has 1 aliphatic heterocycles. The van der Waals surface area contributed by atoms with Crippen LogP contribution in [0.4, 0.5) is 4.79 Å². The molecule has 19 heavy (non-hydrogen) atoms. The van der Waals surface area contributed by atoms with Crippen LogP contribution in [-0.4, -0.2) is 65.0 Å². The van der Waals surface area contributed by atoms with E-state index in [4.69, 9.17) is 5.11 Å². The number of carboxylic acids is 1. The Bertz CT molecular complexity index is 372. The number of rotatable bonds is 4. The summed E-state index contributed by atoms with van der Waals surface area (Å²) in [6, 6.07) is -1.79. The zero-order valence-corrected chi connectivity index (χ0v) is 11.5. The number of likely N-dealkylation sites (N-methyl/N-ethyl adjacent to an activating group) is 1. The van der Waals surface area contributed by atoms with E-state index in [1.807, 2.05) is 6.92 Å². The monoisotopic (exact) mass is 271 g/mol. The molecule has 2 unspecified atom stereocenters. The number of hydrogen-bond acceptors (Lipinski definition) is 3. The maximum absolute atomic E-state index is 12.3. The standard InChI is InChI=1S/C12H21N3O4/c1-4-8-10(16)13-6-7-15(8)12(19)14(3)9(5-2)11(17)18/h8-9H,4-7H2,1-3H3,(H,13,16)(H,17,18). The van der Waals surface area contributed by atoms with Crippen molar-refractivity contribution >= 4 is 17.9 Å². The minimum Gasteiger partial charge on any atom is -0.480 e. The molecule has 2 atom stereocenters. The predicted octanol–water partition coefficient (Wildman–Crippen LogP) is 0.112. The van der Waals surface area contributed by atoms with E-state index in [1.54, 1.807) is 6.92 Å². The lowest BCUT2D eigenvalue weighted by Crippen LogP contribution is -2.60. The van der Waals surface area contributed by atoms with Crippen molar-refractivity contribution in [1.82, 2.24) is 15.1 Å². The van der Waals surface area contributed by atoms with Crippen LogP contribution >= 0.6 is 0 Å². The zero-order valence-electron chi connectivity index (χ0n) is 11.5. The Labute approximate surface area is 112 Å². The van der Waals surface area contributed by atoms with Crippen LogP contribution in [0, 0.1) is 0 Å². The van der Waals surface area contributed by atoms with Gasteiger partial charge in [-0.15, -0.1) is 0 Å². The molecule has 0 aromatic rings. The lowest BCUT2D eigenvalue weighted by Gasteiger charge is -2.38. The van der Waals surface area contributed by atoms with Gasteiger partial charge in [-0.25, -0.2) is 9.59 Å². The third-order valence-corrected chi connectivity index (χ3v) is 3.40. The van der Waals surface area contributed by atoms with Gasteiger partial charge >= 0.3 is 12.0 Å². The van der Waals surface area contributed by atoms with Crippen LogP contribution in [0.25, 0.3) is 0 Å². The largest absolute Gasteiger partial charge is 0.480 e. The summed E-state index contributed by atoms with van der Waals surface area (Å²) in [5.74, 6) is -1.22. The van der Waals surface area contributed by atoms with Crippen molar-refractivity contribution in [2.75, 3.05) is 20.1 Å². The third kappa shape index (κ3) is 3.15. The first-order valence-electron chi connectivity index (χ1n) is 6.47. The number of urea groups is 1. The van der Waals surface area contributed by atoms with E-state index in [0.717, 1.165) is 0 Å². The van der Waals surface area contributed by atoms with E-state index < -0.39 is 24.1 Å². The number of carbonyl (C=O) groups excluding carboxylic acids is 2. The fraction of sp³-hybridized carbons (Fsp3) is 0.750. The summed E-state index contributed by atoms with van der Waals surface area (Å²) in [7, 11) is 1.46. The molecule has 1 rings (SSSR count). The zero-order chi connectivity index (χ0) is 14.6. The Kier molecular flexibility index (Phi) is 5.14. The maximum Gasteiger partial charge on any atom is 0.326 e. The molecular formula is C12H21N3O4. The lowest BCUT2D eigenvalue weighted by atomic mass is 10.1. The number of carboxylic acid groups (broad SMARTS) is 1. The fourth-order valence-corrected chi connectivity index (χ4v) is 2.30. The van der Waals surface area contributed by atoms with Crippen LogP contribution in [0.3, 0.4) is 0 Å². The third-order valence-electron chi connectivity index (χ3n) is 3.40. The van der Waals surface area contributed by atoms with Gasteiger partial charge in [0.1, 0.15) is 12.1 Å². The summed E-state index contributed by atoms with van der Waals surface area (Å²) in [6.07, 6.45) is 0.837. The average molecular weight is 271 g/mol. The van der Waals surface area contributed by atoms with E-state index in [9.17, 15) is 14.4 Å². The number of nitrogens with zero attached hydrogens (tertiary/aromatic N) is 2. The van der Waals surface area contributed by atoms with E-state index in [2.05, 4.69) is 5.32 Å². The molecule has 0 spiro atoms. The molecule has 0 radical (unpaired) electrons. The molecule has 0 aromatic carbocycles. The summed E-state index contributed by atoms with van der Waals surface area (Å²) >= 11 is 0. The van der Waals surface area contributed by atoms with Gasteiger partial charge in [0.05, 0.1) is 0 Å². The number of carbonyl (C=O) groups is 3. The first-order valence-corrected chi connectivity index (χ1v) is 6.47. The van der Waals surface area contributed by atoms with Crippen molar-refractivity contribution in [1.29, 1.82) is 0 Å². The molecule has 0 aliphatic carbocycles. The molecule has 1 heterocycles. The molecule has 0 aromatic heterocycles. The number of amides is 3. The average Bonchev–Trinajstić information content (AvgIpc) is 2.37. The van der Waals surface area contributed by atoms with Gasteiger partial charge in [-0.2, -0.15) is 0 Å². The molecular weight excluding hydrogens is 250 g/mol. The minimum atomic E-state index is -1.03. The molecule has 2 N–H and O–H groups in total. The number of hydrogen-bond donors (Lipinski definition) is 2. The molecule has 1 aliphatic rings. The second kappa shape index (κ2) is 6.40. The van der Waals surface area contributed by atoms with Crippen molar-refractivity contribution in [3.05, 3.63) is 0 Å². The highest BCUT2D eigenvalue weighted by atomic mass is 16.4. The summed E-state index contributed by atoms with van der Waals surface area (Å²) in [4.78, 5) is 37.8. The Morgan fingerprint density at radius 2 is 2.16 bits per heavy atom. The Morgan fingerprint density at radius 3 is 2.63 bits per heavy atom. The van der Waals surface area contributed by atoms with Gasteiger partial charge < -0.3 is 20.2 Å². The quantitative estimate of drug-likeness (QED) is 0.759. The number of nitrogens with one attached hydrogen (secondary N) is 1. The van der Waals surface area contributed by atoms with Gasteiger partial charge in [0.2, 0.25) is 5.91 Å². The van der Waals surface area contributed by atoms with Gasteiger partial charge in [-0.3, -0.25) is 4.79 Å². The van der Waals surface area contributed by atoms with Crippen molar-refractivity contribution in [3.8, 4) is 0 Å². The van der Waals surface area contributed by atoms with Crippen LogP contribution in [-0.2, 0) is 9.59 Å². The fourth-order valence-electron chi connectivity index (χ4n) is 2.30. The highest BCUT2D eigenvalue weighted by Gasteiger charge is 2.36. The van der Waals surface area contributed by atoms with Crippen LogP contribution in [0.5, 0.6) is 0 Å². The molecule has 0 saturated carbocycles. The van der Waals surface area contributed by atoms with E-state index in [1.165, 1.54) is 16.8 Å². The molecule has 7 nitrogen and oxygen atoms in total. The lowest BCUT2D eigenvalue weighted by molar-refractivity contribution is -0.142. The van der Waals surface area contributed by atoms with Crippen LogP contribution in [0.15, 0.2) is 0 Å². The van der Waals surface area contributed by atoms with Crippen molar-refractivity contribution in [3.63, 3.8) is 0 Å². The first kappa shape index (κ1) is 15.3. The van der Waals surface area contributed by atoms with Gasteiger partial charge in [-0.1, -0.05) is 13.8 Å². The molecule has 1 saturated heterocycles. The summed E-state index contributed by atoms with van der Waals surface area (Å²) < 4.78 is 0. The van der Waals surface area contributed by atoms with Gasteiger partial charge in [-0.05, 0) is 12.8 Å². The summed E-state index contributed by atoms with van der Waals surface area (Å²) in [5, 5.41) is 11.8.